The number of benzene rings is 3. The van der Waals surface area contributed by atoms with E-state index < -0.39 is 21.8 Å². The topological polar surface area (TPSA) is 121 Å². The molecule has 42 heavy (non-hydrogen) atoms. The SMILES string of the molecule is Cc1ccc(S(=O)(=O)N(Cc2ccc(/C=N/NC(=O)C(=O)Nc3ccc(Cl)cc3C)o2)Cc2ccc(Cl)cc2Cl)cc1. The molecule has 1 aromatic heterocycles. The molecule has 2 N–H and O–H groups in total. The third-order valence-corrected chi connectivity index (χ3v) is 8.66. The van der Waals surface area contributed by atoms with E-state index in [1.54, 1.807) is 67.6 Å². The molecule has 13 heteroatoms. The lowest BCUT2D eigenvalue weighted by molar-refractivity contribution is -0.136. The van der Waals surface area contributed by atoms with Crippen molar-refractivity contribution in [1.82, 2.24) is 9.73 Å². The summed E-state index contributed by atoms with van der Waals surface area (Å²) in [4.78, 5) is 24.5. The molecule has 0 aliphatic rings. The van der Waals surface area contributed by atoms with Crippen LogP contribution >= 0.6 is 34.8 Å². The number of carbonyl (C=O) groups is 2. The number of halogens is 3. The largest absolute Gasteiger partial charge is 0.459 e. The molecule has 4 rings (SSSR count). The average Bonchev–Trinajstić information content (AvgIpc) is 3.38. The van der Waals surface area contributed by atoms with Crippen LogP contribution in [0.2, 0.25) is 15.1 Å². The zero-order valence-corrected chi connectivity index (χ0v) is 25.5. The van der Waals surface area contributed by atoms with Gasteiger partial charge in [0.25, 0.3) is 0 Å². The Kier molecular flexibility index (Phi) is 10.1. The van der Waals surface area contributed by atoms with Gasteiger partial charge >= 0.3 is 11.8 Å². The van der Waals surface area contributed by atoms with Crippen LogP contribution in [0.5, 0.6) is 0 Å². The Balaban J connectivity index is 1.46. The summed E-state index contributed by atoms with van der Waals surface area (Å²) in [5.41, 5.74) is 4.72. The Hall–Kier alpha value is -3.67. The van der Waals surface area contributed by atoms with Crippen LogP contribution in [0, 0.1) is 13.8 Å². The second kappa shape index (κ2) is 13.5. The number of nitrogens with one attached hydrogen (secondary N) is 2. The van der Waals surface area contributed by atoms with E-state index in [-0.39, 0.29) is 23.7 Å². The number of hydrogen-bond donors (Lipinski definition) is 2. The number of carbonyl (C=O) groups excluding carboxylic acids is 2. The first-order chi connectivity index (χ1) is 19.9. The number of nitrogens with zero attached hydrogens (tertiary/aromatic N) is 2. The van der Waals surface area contributed by atoms with Gasteiger partial charge < -0.3 is 9.73 Å². The molecule has 0 aliphatic carbocycles. The zero-order valence-electron chi connectivity index (χ0n) is 22.4. The van der Waals surface area contributed by atoms with Crippen LogP contribution in [0.15, 0.2) is 87.2 Å². The lowest BCUT2D eigenvalue weighted by atomic mass is 10.2. The summed E-state index contributed by atoms with van der Waals surface area (Å²) in [7, 11) is -3.96. The van der Waals surface area contributed by atoms with Crippen molar-refractivity contribution >= 4 is 68.5 Å². The summed E-state index contributed by atoms with van der Waals surface area (Å²) in [5, 5.41) is 7.50. The Morgan fingerprint density at radius 1 is 0.881 bits per heavy atom. The highest BCUT2D eigenvalue weighted by Crippen LogP contribution is 2.27. The maximum absolute atomic E-state index is 13.6. The summed E-state index contributed by atoms with van der Waals surface area (Å²) in [6, 6.07) is 19.3. The minimum Gasteiger partial charge on any atom is -0.459 e. The predicted molar refractivity (Wildman–Crippen MR) is 163 cm³/mol. The van der Waals surface area contributed by atoms with Crippen molar-refractivity contribution in [3.63, 3.8) is 0 Å². The van der Waals surface area contributed by atoms with Gasteiger partial charge in [0.2, 0.25) is 10.0 Å². The van der Waals surface area contributed by atoms with Crippen molar-refractivity contribution in [3.8, 4) is 0 Å². The first-order valence-electron chi connectivity index (χ1n) is 12.4. The summed E-state index contributed by atoms with van der Waals surface area (Å²) in [6.07, 6.45) is 1.19. The summed E-state index contributed by atoms with van der Waals surface area (Å²) < 4.78 is 34.2. The predicted octanol–water partition coefficient (Wildman–Crippen LogP) is 6.34. The maximum Gasteiger partial charge on any atom is 0.329 e. The van der Waals surface area contributed by atoms with Crippen LogP contribution < -0.4 is 10.7 Å². The molecule has 0 unspecified atom stereocenters. The molecule has 0 saturated carbocycles. The summed E-state index contributed by atoms with van der Waals surface area (Å²) in [5.74, 6) is -1.39. The van der Waals surface area contributed by atoms with Crippen molar-refractivity contribution in [2.45, 2.75) is 31.8 Å². The normalized spacial score (nSPS) is 11.7. The molecule has 3 aromatic carbocycles. The number of furan rings is 1. The van der Waals surface area contributed by atoms with Crippen molar-refractivity contribution in [3.05, 3.63) is 116 Å². The standard InChI is InChI=1S/C29H25Cl3N4O5S/c1-18-3-10-25(11-4-18)42(39,40)36(16-20-5-6-22(31)14-26(20)32)17-24-9-8-23(41-24)15-33-35-29(38)28(37)34-27-12-7-21(30)13-19(27)2/h3-15H,16-17H2,1-2H3,(H,34,37)(H,35,38)/b33-15+. The molecule has 0 aliphatic heterocycles. The minimum atomic E-state index is -3.96. The van der Waals surface area contributed by atoms with Crippen LogP contribution in [0.3, 0.4) is 0 Å². The number of rotatable bonds is 9. The highest BCUT2D eigenvalue weighted by Gasteiger charge is 2.27. The second-order valence-electron chi connectivity index (χ2n) is 9.24. The first-order valence-corrected chi connectivity index (χ1v) is 15.0. The van der Waals surface area contributed by atoms with E-state index in [9.17, 15) is 18.0 Å². The number of anilines is 1. The zero-order chi connectivity index (χ0) is 30.4. The number of sulfonamides is 1. The highest BCUT2D eigenvalue weighted by atomic mass is 35.5. The van der Waals surface area contributed by atoms with Gasteiger partial charge in [0.15, 0.2) is 0 Å². The number of amides is 2. The fourth-order valence-corrected chi connectivity index (χ4v) is 5.88. The van der Waals surface area contributed by atoms with Crippen LogP contribution in [-0.2, 0) is 32.7 Å². The van der Waals surface area contributed by atoms with E-state index in [1.807, 2.05) is 6.92 Å². The van der Waals surface area contributed by atoms with Gasteiger partial charge in [0.05, 0.1) is 17.7 Å². The third-order valence-electron chi connectivity index (χ3n) is 6.04. The van der Waals surface area contributed by atoms with Gasteiger partial charge in [-0.15, -0.1) is 0 Å². The molecule has 1 heterocycles. The lowest BCUT2D eigenvalue weighted by Crippen LogP contribution is -2.32. The van der Waals surface area contributed by atoms with Gasteiger partial charge in [-0.25, -0.2) is 13.8 Å². The molecule has 2 amide bonds. The quantitative estimate of drug-likeness (QED) is 0.125. The van der Waals surface area contributed by atoms with Gasteiger partial charge in [-0.3, -0.25) is 9.59 Å². The molecule has 0 saturated heterocycles. The van der Waals surface area contributed by atoms with Gasteiger partial charge in [0.1, 0.15) is 11.5 Å². The van der Waals surface area contributed by atoms with Crippen molar-refractivity contribution in [2.75, 3.05) is 5.32 Å². The van der Waals surface area contributed by atoms with Crippen LogP contribution in [0.4, 0.5) is 5.69 Å². The van der Waals surface area contributed by atoms with Crippen molar-refractivity contribution in [2.24, 2.45) is 5.10 Å². The number of hydrogen-bond acceptors (Lipinski definition) is 6. The number of aryl methyl sites for hydroxylation is 2. The van der Waals surface area contributed by atoms with Crippen LogP contribution in [0.1, 0.15) is 28.2 Å². The van der Waals surface area contributed by atoms with E-state index in [0.717, 1.165) is 5.56 Å². The third kappa shape index (κ3) is 7.99. The summed E-state index contributed by atoms with van der Waals surface area (Å²) >= 11 is 18.3. The van der Waals surface area contributed by atoms with Gasteiger partial charge in [0, 0.05) is 27.3 Å². The fraction of sp³-hybridized carbons (Fsp3) is 0.138. The Bertz CT molecular complexity index is 1760. The second-order valence-corrected chi connectivity index (χ2v) is 12.5. The fourth-order valence-electron chi connectivity index (χ4n) is 3.80. The Morgan fingerprint density at radius 3 is 2.26 bits per heavy atom. The number of hydrazone groups is 1. The van der Waals surface area contributed by atoms with E-state index in [0.29, 0.717) is 37.6 Å². The summed E-state index contributed by atoms with van der Waals surface area (Å²) in [6.45, 7) is 3.43. The van der Waals surface area contributed by atoms with Crippen molar-refractivity contribution in [1.29, 1.82) is 0 Å². The van der Waals surface area contributed by atoms with Gasteiger partial charge in [-0.05, 0) is 79.6 Å². The molecule has 9 nitrogen and oxygen atoms in total. The maximum atomic E-state index is 13.6. The van der Waals surface area contributed by atoms with E-state index in [4.69, 9.17) is 39.2 Å². The highest BCUT2D eigenvalue weighted by molar-refractivity contribution is 7.89. The van der Waals surface area contributed by atoms with Crippen LogP contribution in [0.25, 0.3) is 0 Å². The molecule has 4 aromatic rings. The lowest BCUT2D eigenvalue weighted by Gasteiger charge is -2.22. The Labute approximate surface area is 258 Å². The van der Waals surface area contributed by atoms with E-state index >= 15 is 0 Å². The first kappa shape index (κ1) is 31.3. The molecule has 0 spiro atoms. The molecule has 0 bridgehead atoms. The molecule has 0 atom stereocenters. The van der Waals surface area contributed by atoms with Crippen molar-refractivity contribution < 1.29 is 22.4 Å². The molecule has 0 fully saturated rings. The molecule has 0 radical (unpaired) electrons. The minimum absolute atomic E-state index is 0.0470. The average molecular weight is 648 g/mol. The van der Waals surface area contributed by atoms with Gasteiger partial charge in [-0.2, -0.15) is 9.41 Å². The molecular formula is C29H25Cl3N4O5S. The monoisotopic (exact) mass is 646 g/mol. The molecular weight excluding hydrogens is 623 g/mol. The van der Waals surface area contributed by atoms with Gasteiger partial charge in [-0.1, -0.05) is 58.6 Å². The molecule has 218 valence electrons. The van der Waals surface area contributed by atoms with Crippen LogP contribution in [-0.4, -0.2) is 30.8 Å². The van der Waals surface area contributed by atoms with E-state index in [2.05, 4.69) is 15.8 Å². The van der Waals surface area contributed by atoms with E-state index in [1.165, 1.54) is 22.7 Å². The Morgan fingerprint density at radius 2 is 1.57 bits per heavy atom. The smallest absolute Gasteiger partial charge is 0.329 e.